The van der Waals surface area contributed by atoms with Crippen molar-refractivity contribution in [1.29, 1.82) is 0 Å². The molecule has 1 unspecified atom stereocenters. The van der Waals surface area contributed by atoms with E-state index in [0.29, 0.717) is 12.5 Å². The van der Waals surface area contributed by atoms with Crippen LogP contribution >= 0.6 is 0 Å². The van der Waals surface area contributed by atoms with Gasteiger partial charge < -0.3 is 19.7 Å². The number of amides is 1. The smallest absolute Gasteiger partial charge is 0.258 e. The zero-order chi connectivity index (χ0) is 20.7. The van der Waals surface area contributed by atoms with Gasteiger partial charge in [0.25, 0.3) is 5.91 Å². The van der Waals surface area contributed by atoms with E-state index in [1.807, 2.05) is 50.5 Å². The Bertz CT molecular complexity index is 770. The number of methoxy groups -OCH3 is 1. The predicted octanol–water partition coefficient (Wildman–Crippen LogP) is 3.92. The molecule has 0 aliphatic rings. The Morgan fingerprint density at radius 1 is 1.07 bits per heavy atom. The van der Waals surface area contributed by atoms with E-state index >= 15 is 0 Å². The Kier molecular flexibility index (Phi) is 7.88. The maximum atomic E-state index is 12.3. The lowest BCUT2D eigenvalue weighted by Crippen LogP contribution is -2.36. The molecule has 1 N–H and O–H groups in total. The molecule has 5 nitrogen and oxygen atoms in total. The summed E-state index contributed by atoms with van der Waals surface area (Å²) in [4.78, 5) is 14.3. The zero-order valence-corrected chi connectivity index (χ0v) is 17.8. The molecule has 28 heavy (non-hydrogen) atoms. The van der Waals surface area contributed by atoms with Crippen LogP contribution in [0, 0.1) is 6.92 Å². The first kappa shape index (κ1) is 21.8. The van der Waals surface area contributed by atoms with Crippen LogP contribution in [-0.4, -0.2) is 45.2 Å². The van der Waals surface area contributed by atoms with Gasteiger partial charge in [-0.1, -0.05) is 32.0 Å². The third kappa shape index (κ3) is 5.99. The molecule has 1 atom stereocenters. The van der Waals surface area contributed by atoms with Crippen LogP contribution in [0.15, 0.2) is 42.5 Å². The van der Waals surface area contributed by atoms with Crippen molar-refractivity contribution in [3.8, 4) is 11.5 Å². The van der Waals surface area contributed by atoms with Crippen molar-refractivity contribution in [1.82, 2.24) is 10.2 Å². The SMILES string of the molecule is COc1ccc(C(CNC(=O)COc2ccc(C(C)C)c(C)c2)N(C)C)cc1. The Morgan fingerprint density at radius 3 is 2.25 bits per heavy atom. The first-order valence-electron chi connectivity index (χ1n) is 9.62. The lowest BCUT2D eigenvalue weighted by Gasteiger charge is -2.25. The Balaban J connectivity index is 1.89. The van der Waals surface area contributed by atoms with Gasteiger partial charge in [0.05, 0.1) is 13.2 Å². The normalized spacial score (nSPS) is 12.1. The highest BCUT2D eigenvalue weighted by Crippen LogP contribution is 2.23. The maximum Gasteiger partial charge on any atom is 0.258 e. The zero-order valence-electron chi connectivity index (χ0n) is 17.8. The Hall–Kier alpha value is -2.53. The van der Waals surface area contributed by atoms with Crippen molar-refractivity contribution >= 4 is 5.91 Å². The molecule has 5 heteroatoms. The highest BCUT2D eigenvalue weighted by atomic mass is 16.5. The largest absolute Gasteiger partial charge is 0.497 e. The maximum absolute atomic E-state index is 12.3. The van der Waals surface area contributed by atoms with Gasteiger partial charge in [0.2, 0.25) is 0 Å². The summed E-state index contributed by atoms with van der Waals surface area (Å²) in [7, 11) is 5.64. The van der Waals surface area contributed by atoms with Crippen LogP contribution in [0.5, 0.6) is 11.5 Å². The van der Waals surface area contributed by atoms with Gasteiger partial charge in [-0.2, -0.15) is 0 Å². The lowest BCUT2D eigenvalue weighted by atomic mass is 9.98. The van der Waals surface area contributed by atoms with E-state index in [-0.39, 0.29) is 18.6 Å². The summed E-state index contributed by atoms with van der Waals surface area (Å²) < 4.78 is 10.9. The quantitative estimate of drug-likeness (QED) is 0.712. The van der Waals surface area contributed by atoms with Gasteiger partial charge >= 0.3 is 0 Å². The van der Waals surface area contributed by atoms with E-state index < -0.39 is 0 Å². The van der Waals surface area contributed by atoms with Gasteiger partial charge in [0.1, 0.15) is 11.5 Å². The molecule has 0 bridgehead atoms. The molecule has 2 aromatic rings. The highest BCUT2D eigenvalue weighted by Gasteiger charge is 2.16. The molecule has 0 fully saturated rings. The molecule has 0 aliphatic heterocycles. The molecule has 0 aliphatic carbocycles. The first-order chi connectivity index (χ1) is 13.3. The van der Waals surface area contributed by atoms with Gasteiger partial charge in [-0.3, -0.25) is 4.79 Å². The number of nitrogens with zero attached hydrogens (tertiary/aromatic N) is 1. The number of carbonyl (C=O) groups is 1. The fourth-order valence-electron chi connectivity index (χ4n) is 3.22. The number of rotatable bonds is 9. The summed E-state index contributed by atoms with van der Waals surface area (Å²) >= 11 is 0. The summed E-state index contributed by atoms with van der Waals surface area (Å²) in [6.45, 7) is 6.91. The minimum atomic E-state index is -0.133. The predicted molar refractivity (Wildman–Crippen MR) is 113 cm³/mol. The summed E-state index contributed by atoms with van der Waals surface area (Å²) in [5.74, 6) is 1.87. The van der Waals surface area contributed by atoms with Crippen LogP contribution < -0.4 is 14.8 Å². The molecule has 1 amide bonds. The second-order valence-electron chi connectivity index (χ2n) is 7.52. The van der Waals surface area contributed by atoms with Crippen molar-refractivity contribution in [2.45, 2.75) is 32.7 Å². The van der Waals surface area contributed by atoms with Crippen molar-refractivity contribution in [2.24, 2.45) is 0 Å². The molecule has 152 valence electrons. The van der Waals surface area contributed by atoms with Crippen molar-refractivity contribution in [2.75, 3.05) is 34.4 Å². The van der Waals surface area contributed by atoms with Gasteiger partial charge in [0.15, 0.2) is 6.61 Å². The molecule has 2 rings (SSSR count). The molecule has 0 saturated carbocycles. The molecule has 0 spiro atoms. The monoisotopic (exact) mass is 384 g/mol. The van der Waals surface area contributed by atoms with Crippen LogP contribution in [-0.2, 0) is 4.79 Å². The summed E-state index contributed by atoms with van der Waals surface area (Å²) in [6, 6.07) is 14.0. The van der Waals surface area contributed by atoms with Crippen molar-refractivity contribution in [3.05, 3.63) is 59.2 Å². The Morgan fingerprint density at radius 2 is 1.71 bits per heavy atom. The molecule has 2 aromatic carbocycles. The van der Waals surface area contributed by atoms with Crippen LogP contribution in [0.25, 0.3) is 0 Å². The molecular weight excluding hydrogens is 352 g/mol. The van der Waals surface area contributed by atoms with Gasteiger partial charge in [-0.25, -0.2) is 0 Å². The minimum Gasteiger partial charge on any atom is -0.497 e. The van der Waals surface area contributed by atoms with E-state index in [4.69, 9.17) is 9.47 Å². The van der Waals surface area contributed by atoms with Gasteiger partial charge in [0, 0.05) is 6.54 Å². The molecule has 0 saturated heterocycles. The van der Waals surface area contributed by atoms with Crippen molar-refractivity contribution in [3.63, 3.8) is 0 Å². The number of nitrogens with one attached hydrogen (secondary N) is 1. The standard InChI is InChI=1S/C23H32N2O3/c1-16(2)21-12-11-20(13-17(21)3)28-15-23(26)24-14-22(25(4)5)18-7-9-19(27-6)10-8-18/h7-13,16,22H,14-15H2,1-6H3,(H,24,26). The second-order valence-corrected chi connectivity index (χ2v) is 7.52. The van der Waals surface area contributed by atoms with Crippen LogP contribution in [0.4, 0.5) is 0 Å². The number of likely N-dealkylation sites (N-methyl/N-ethyl adjacent to an activating group) is 1. The molecular formula is C23H32N2O3. The lowest BCUT2D eigenvalue weighted by molar-refractivity contribution is -0.123. The average molecular weight is 385 g/mol. The minimum absolute atomic E-state index is 0.00320. The van der Waals surface area contributed by atoms with Crippen LogP contribution in [0.2, 0.25) is 0 Å². The third-order valence-electron chi connectivity index (χ3n) is 4.85. The van der Waals surface area contributed by atoms with Gasteiger partial charge in [-0.15, -0.1) is 0 Å². The first-order valence-corrected chi connectivity index (χ1v) is 9.62. The molecule has 0 heterocycles. The number of aryl methyl sites for hydroxylation is 1. The topological polar surface area (TPSA) is 50.8 Å². The third-order valence-corrected chi connectivity index (χ3v) is 4.85. The second kappa shape index (κ2) is 10.1. The van der Waals surface area contributed by atoms with E-state index in [2.05, 4.69) is 37.1 Å². The van der Waals surface area contributed by atoms with Crippen LogP contribution in [0.3, 0.4) is 0 Å². The van der Waals surface area contributed by atoms with Gasteiger partial charge in [-0.05, 0) is 67.9 Å². The highest BCUT2D eigenvalue weighted by molar-refractivity contribution is 5.77. The fraction of sp³-hybridized carbons (Fsp3) is 0.435. The Labute approximate surface area is 168 Å². The number of benzene rings is 2. The van der Waals surface area contributed by atoms with Crippen molar-refractivity contribution < 1.29 is 14.3 Å². The fourth-order valence-corrected chi connectivity index (χ4v) is 3.22. The number of hydrogen-bond acceptors (Lipinski definition) is 4. The summed E-state index contributed by atoms with van der Waals surface area (Å²) in [5, 5.41) is 2.97. The molecule has 0 aromatic heterocycles. The average Bonchev–Trinajstić information content (AvgIpc) is 2.66. The summed E-state index contributed by atoms with van der Waals surface area (Å²) in [5.41, 5.74) is 3.59. The van der Waals surface area contributed by atoms with E-state index in [9.17, 15) is 4.79 Å². The molecule has 0 radical (unpaired) electrons. The van der Waals surface area contributed by atoms with E-state index in [1.54, 1.807) is 7.11 Å². The van der Waals surface area contributed by atoms with Crippen LogP contribution in [0.1, 0.15) is 42.5 Å². The summed E-state index contributed by atoms with van der Waals surface area (Å²) in [6.07, 6.45) is 0. The number of carbonyl (C=O) groups excluding carboxylic acids is 1. The van der Waals surface area contributed by atoms with E-state index in [0.717, 1.165) is 17.1 Å². The number of hydrogen-bond donors (Lipinski definition) is 1. The number of ether oxygens (including phenoxy) is 2. The van der Waals surface area contributed by atoms with E-state index in [1.165, 1.54) is 11.1 Å².